The summed E-state index contributed by atoms with van der Waals surface area (Å²) in [6.45, 7) is 21.0. The summed E-state index contributed by atoms with van der Waals surface area (Å²) in [5.41, 5.74) is 8.73. The highest BCUT2D eigenvalue weighted by Crippen LogP contribution is 2.44. The van der Waals surface area contributed by atoms with E-state index in [2.05, 4.69) is 38.3 Å². The first-order valence-electron chi connectivity index (χ1n) is 18.4. The van der Waals surface area contributed by atoms with Crippen LogP contribution in [0.25, 0.3) is 11.1 Å². The molecule has 5 N–H and O–H groups in total. The van der Waals surface area contributed by atoms with Crippen LogP contribution >= 0.6 is 0 Å². The second-order valence-electron chi connectivity index (χ2n) is 14.9. The van der Waals surface area contributed by atoms with Crippen molar-refractivity contribution in [2.75, 3.05) is 19.8 Å². The van der Waals surface area contributed by atoms with Gasteiger partial charge in [0.15, 0.2) is 0 Å². The van der Waals surface area contributed by atoms with Gasteiger partial charge < -0.3 is 35.7 Å². The molecule has 1 unspecified atom stereocenters. The molecule has 1 aliphatic rings. The topological polar surface area (TPSA) is 183 Å². The second-order valence-corrected chi connectivity index (χ2v) is 14.9. The van der Waals surface area contributed by atoms with Gasteiger partial charge in [0.25, 0.3) is 0 Å². The molecule has 0 aliphatic heterocycles. The van der Waals surface area contributed by atoms with Crippen LogP contribution in [0, 0.1) is 5.92 Å². The number of carbonyl (C=O) groups is 5. The van der Waals surface area contributed by atoms with Crippen molar-refractivity contribution in [1.82, 2.24) is 10.6 Å². The summed E-state index contributed by atoms with van der Waals surface area (Å²) >= 11 is 0. The number of nitrogens with one attached hydrogen (secondary N) is 2. The van der Waals surface area contributed by atoms with E-state index in [4.69, 9.17) is 25.1 Å². The lowest BCUT2D eigenvalue weighted by atomic mass is 9.98. The number of aliphatic hydroxyl groups is 1. The standard InChI is InChI=1S/C26H31N3O6.C7H14O2.C5H12O.C3H8/c1-26(2,3)35-23(31)13-12-21(24(27)32)29-22(30)14-28-25(33)34-15-20-18-10-6-4-8-16(18)17-9-5-7-11-19(17)20;1-5-6(8)9-7(2,3)4;1-5(2)3-4-6;1-3-2/h4-11,20-21H,12-15H2,1-3H3,(H2,27,32)(H,28,33)(H,29,30);5H2,1-4H3;5-6H,3-4H2,1-2H3;3H2,1-2H3. The van der Waals surface area contributed by atoms with E-state index in [-0.39, 0.29) is 36.9 Å². The average Bonchev–Trinajstić information content (AvgIpc) is 3.37. The molecule has 1 atom stereocenters. The van der Waals surface area contributed by atoms with E-state index in [1.807, 2.05) is 69.3 Å². The zero-order valence-electron chi connectivity index (χ0n) is 33.8. The van der Waals surface area contributed by atoms with Crippen molar-refractivity contribution in [3.05, 3.63) is 59.7 Å². The first-order valence-corrected chi connectivity index (χ1v) is 18.4. The summed E-state index contributed by atoms with van der Waals surface area (Å²) in [4.78, 5) is 58.6. The molecule has 0 bridgehead atoms. The fourth-order valence-electron chi connectivity index (χ4n) is 4.66. The van der Waals surface area contributed by atoms with E-state index in [1.165, 1.54) is 6.42 Å². The van der Waals surface area contributed by atoms with Gasteiger partial charge in [-0.25, -0.2) is 4.79 Å². The Morgan fingerprint density at radius 2 is 1.26 bits per heavy atom. The van der Waals surface area contributed by atoms with Crippen molar-refractivity contribution < 1.29 is 43.3 Å². The van der Waals surface area contributed by atoms with Gasteiger partial charge in [-0.2, -0.15) is 0 Å². The third-order valence-electron chi connectivity index (χ3n) is 6.89. The molecule has 0 radical (unpaired) electrons. The first kappa shape index (κ1) is 48.5. The van der Waals surface area contributed by atoms with E-state index in [0.717, 1.165) is 28.7 Å². The smallest absolute Gasteiger partial charge is 0.407 e. The Kier molecular flexibility index (Phi) is 22.7. The number of hydrogen-bond donors (Lipinski definition) is 4. The Labute approximate surface area is 316 Å². The number of nitrogens with two attached hydrogens (primary N) is 1. The molecule has 3 rings (SSSR count). The molecular formula is C41H65N3O9. The molecule has 53 heavy (non-hydrogen) atoms. The van der Waals surface area contributed by atoms with Gasteiger partial charge in [0.1, 0.15) is 30.4 Å². The minimum atomic E-state index is -1.07. The van der Waals surface area contributed by atoms with E-state index in [9.17, 15) is 24.0 Å². The average molecular weight is 744 g/mol. The molecule has 0 saturated heterocycles. The SMILES string of the molecule is CC(C)(C)OC(=O)CCC(NC(=O)CNC(=O)OCC1c2ccccc2-c2ccccc21)C(N)=O.CC(C)CCO.CCC.CCC(=O)OC(C)(C)C. The molecule has 0 saturated carbocycles. The van der Waals surface area contributed by atoms with E-state index < -0.39 is 42.1 Å². The normalized spacial score (nSPS) is 12.1. The largest absolute Gasteiger partial charge is 0.460 e. The predicted octanol–water partition coefficient (Wildman–Crippen LogP) is 6.80. The van der Waals surface area contributed by atoms with E-state index in [1.54, 1.807) is 27.7 Å². The Morgan fingerprint density at radius 3 is 1.64 bits per heavy atom. The van der Waals surface area contributed by atoms with Crippen LogP contribution in [0.15, 0.2) is 48.5 Å². The van der Waals surface area contributed by atoms with Gasteiger partial charge in [-0.1, -0.05) is 89.6 Å². The summed E-state index contributed by atoms with van der Waals surface area (Å²) in [6.07, 6.45) is 1.77. The highest BCUT2D eigenvalue weighted by atomic mass is 16.6. The number of carbonyl (C=O) groups excluding carboxylic acids is 5. The van der Waals surface area contributed by atoms with Gasteiger partial charge >= 0.3 is 18.0 Å². The van der Waals surface area contributed by atoms with Crippen molar-refractivity contribution in [3.63, 3.8) is 0 Å². The second kappa shape index (κ2) is 24.7. The van der Waals surface area contributed by atoms with E-state index >= 15 is 0 Å². The van der Waals surface area contributed by atoms with Crippen molar-refractivity contribution in [3.8, 4) is 11.1 Å². The lowest BCUT2D eigenvalue weighted by Gasteiger charge is -2.20. The number of amides is 3. The summed E-state index contributed by atoms with van der Waals surface area (Å²) in [6, 6.07) is 14.9. The minimum absolute atomic E-state index is 0.0130. The lowest BCUT2D eigenvalue weighted by molar-refractivity contribution is -0.156. The summed E-state index contributed by atoms with van der Waals surface area (Å²) in [7, 11) is 0. The maximum atomic E-state index is 12.2. The monoisotopic (exact) mass is 743 g/mol. The fraction of sp³-hybridized carbons (Fsp3) is 0.585. The molecule has 1 aliphatic carbocycles. The van der Waals surface area contributed by atoms with Crippen LogP contribution in [0.1, 0.15) is 125 Å². The molecule has 298 valence electrons. The molecule has 0 fully saturated rings. The van der Waals surface area contributed by atoms with Gasteiger partial charge in [0.05, 0.1) is 0 Å². The zero-order chi connectivity index (χ0) is 40.8. The first-order chi connectivity index (χ1) is 24.7. The maximum absolute atomic E-state index is 12.2. The zero-order valence-corrected chi connectivity index (χ0v) is 33.8. The Balaban J connectivity index is 0.00000124. The van der Waals surface area contributed by atoms with Crippen LogP contribution in [-0.4, -0.2) is 72.0 Å². The maximum Gasteiger partial charge on any atom is 0.407 e. The lowest BCUT2D eigenvalue weighted by Crippen LogP contribution is -2.48. The van der Waals surface area contributed by atoms with Crippen LogP contribution in [-0.2, 0) is 33.4 Å². The number of alkyl carbamates (subject to hydrolysis) is 1. The number of primary amides is 1. The molecule has 2 aromatic carbocycles. The van der Waals surface area contributed by atoms with Crippen LogP contribution in [0.4, 0.5) is 4.79 Å². The summed E-state index contributed by atoms with van der Waals surface area (Å²) in [5.74, 6) is -1.52. The van der Waals surface area contributed by atoms with Gasteiger partial charge in [-0.15, -0.1) is 0 Å². The van der Waals surface area contributed by atoms with Crippen molar-refractivity contribution in [1.29, 1.82) is 0 Å². The third-order valence-corrected chi connectivity index (χ3v) is 6.89. The quantitative estimate of drug-likeness (QED) is 0.134. The summed E-state index contributed by atoms with van der Waals surface area (Å²) in [5, 5.41) is 13.0. The summed E-state index contributed by atoms with van der Waals surface area (Å²) < 4.78 is 15.5. The molecule has 0 aromatic heterocycles. The molecule has 12 nitrogen and oxygen atoms in total. The number of hydrogen-bond acceptors (Lipinski definition) is 9. The number of benzene rings is 2. The highest BCUT2D eigenvalue weighted by Gasteiger charge is 2.29. The number of rotatable bonds is 12. The van der Waals surface area contributed by atoms with E-state index in [0.29, 0.717) is 18.9 Å². The Bertz CT molecular complexity index is 1380. The molecule has 3 amide bonds. The van der Waals surface area contributed by atoms with Crippen molar-refractivity contribution in [2.45, 2.75) is 131 Å². The number of ether oxygens (including phenoxy) is 3. The van der Waals surface area contributed by atoms with Gasteiger partial charge in [0, 0.05) is 25.4 Å². The predicted molar refractivity (Wildman–Crippen MR) is 208 cm³/mol. The minimum Gasteiger partial charge on any atom is -0.460 e. The molecule has 0 heterocycles. The Morgan fingerprint density at radius 1 is 0.792 bits per heavy atom. The van der Waals surface area contributed by atoms with Crippen LogP contribution in [0.3, 0.4) is 0 Å². The number of aliphatic hydroxyl groups excluding tert-OH is 1. The van der Waals surface area contributed by atoms with Crippen LogP contribution in [0.2, 0.25) is 0 Å². The number of esters is 2. The van der Waals surface area contributed by atoms with Crippen LogP contribution < -0.4 is 16.4 Å². The number of fused-ring (bicyclic) bond motifs is 3. The van der Waals surface area contributed by atoms with Crippen LogP contribution in [0.5, 0.6) is 0 Å². The van der Waals surface area contributed by atoms with Gasteiger partial charge in [-0.05, 0) is 82.6 Å². The molecule has 12 heteroatoms. The molecule has 2 aromatic rings. The van der Waals surface area contributed by atoms with Gasteiger partial charge in [0.2, 0.25) is 11.8 Å². The highest BCUT2D eigenvalue weighted by molar-refractivity contribution is 5.89. The third kappa shape index (κ3) is 21.6. The molecule has 0 spiro atoms. The molecular weight excluding hydrogens is 678 g/mol. The van der Waals surface area contributed by atoms with Crippen molar-refractivity contribution >= 4 is 29.8 Å². The van der Waals surface area contributed by atoms with Crippen molar-refractivity contribution in [2.24, 2.45) is 11.7 Å². The fourth-order valence-corrected chi connectivity index (χ4v) is 4.66. The van der Waals surface area contributed by atoms with Gasteiger partial charge in [-0.3, -0.25) is 19.2 Å². The Hall–Kier alpha value is -4.45.